The summed E-state index contributed by atoms with van der Waals surface area (Å²) in [5.41, 5.74) is 2.19. The third-order valence-electron chi connectivity index (χ3n) is 3.78. The number of carbonyl (C=O) groups excluding carboxylic acids is 4. The zero-order chi connectivity index (χ0) is 16.1. The molecule has 0 atom stereocenters. The number of fused-ring (bicyclic) bond motifs is 2. The normalized spacial score (nSPS) is 14.8. The zero-order valence-electron chi connectivity index (χ0n) is 11.5. The number of ketones is 2. The van der Waals surface area contributed by atoms with E-state index in [4.69, 9.17) is 0 Å². The molecule has 0 unspecified atom stereocenters. The summed E-state index contributed by atoms with van der Waals surface area (Å²) in [4.78, 5) is 46.6. The maximum atomic E-state index is 11.9. The van der Waals surface area contributed by atoms with Crippen LogP contribution in [0, 0.1) is 11.8 Å². The lowest BCUT2D eigenvalue weighted by atomic mass is 9.91. The summed E-state index contributed by atoms with van der Waals surface area (Å²) in [5.74, 6) is 2.34. The average molecular weight is 302 g/mol. The van der Waals surface area contributed by atoms with Crippen molar-refractivity contribution >= 4 is 23.5 Å². The van der Waals surface area contributed by atoms with Gasteiger partial charge in [0.1, 0.15) is 0 Å². The molecule has 23 heavy (non-hydrogen) atoms. The molecule has 0 spiro atoms. The van der Waals surface area contributed by atoms with Gasteiger partial charge in [0, 0.05) is 11.1 Å². The summed E-state index contributed by atoms with van der Waals surface area (Å²) in [6.07, 6.45) is 0. The van der Waals surface area contributed by atoms with Crippen LogP contribution in [0.15, 0.2) is 36.4 Å². The molecule has 1 heterocycles. The first-order chi connectivity index (χ1) is 11.0. The van der Waals surface area contributed by atoms with Crippen LogP contribution in [0.4, 0.5) is 0 Å². The van der Waals surface area contributed by atoms with Crippen LogP contribution in [0.2, 0.25) is 0 Å². The van der Waals surface area contributed by atoms with E-state index in [0.29, 0.717) is 11.1 Å². The van der Waals surface area contributed by atoms with E-state index in [-0.39, 0.29) is 22.3 Å². The molecule has 2 aromatic carbocycles. The van der Waals surface area contributed by atoms with Crippen LogP contribution in [0.3, 0.4) is 0 Å². The third kappa shape index (κ3) is 1.89. The van der Waals surface area contributed by atoms with E-state index in [0.717, 1.165) is 0 Å². The van der Waals surface area contributed by atoms with E-state index >= 15 is 0 Å². The van der Waals surface area contributed by atoms with Gasteiger partial charge in [-0.2, -0.15) is 0 Å². The molecule has 0 fully saturated rings. The Balaban J connectivity index is 1.85. The molecular weight excluding hydrogens is 296 g/mol. The lowest BCUT2D eigenvalue weighted by Gasteiger charge is -2.09. The van der Waals surface area contributed by atoms with Gasteiger partial charge in [-0.15, -0.1) is 0 Å². The van der Waals surface area contributed by atoms with E-state index in [1.807, 2.05) is 0 Å². The lowest BCUT2D eigenvalue weighted by Crippen LogP contribution is -2.11. The number of hydrogen-bond donors (Lipinski definition) is 0. The number of carbonyl (C=O) groups is 4. The highest BCUT2D eigenvalue weighted by atomic mass is 16.6. The lowest BCUT2D eigenvalue weighted by molar-refractivity contribution is 0.0443. The molecule has 0 N–H and O–H groups in total. The van der Waals surface area contributed by atoms with Gasteiger partial charge in [-0.05, 0) is 47.2 Å². The first-order valence-electron chi connectivity index (χ1n) is 6.70. The molecule has 0 saturated heterocycles. The van der Waals surface area contributed by atoms with Crippen LogP contribution in [-0.4, -0.2) is 23.5 Å². The van der Waals surface area contributed by atoms with Gasteiger partial charge >= 0.3 is 11.9 Å². The van der Waals surface area contributed by atoms with Crippen molar-refractivity contribution in [3.63, 3.8) is 0 Å². The molecule has 5 heteroatoms. The van der Waals surface area contributed by atoms with E-state index in [9.17, 15) is 19.2 Å². The largest absolute Gasteiger partial charge is 0.386 e. The molecule has 0 amide bonds. The van der Waals surface area contributed by atoms with Crippen LogP contribution in [-0.2, 0) is 4.74 Å². The fourth-order valence-electron chi connectivity index (χ4n) is 2.62. The summed E-state index contributed by atoms with van der Waals surface area (Å²) in [7, 11) is 0. The number of hydrogen-bond acceptors (Lipinski definition) is 5. The van der Waals surface area contributed by atoms with Gasteiger partial charge in [-0.1, -0.05) is 12.1 Å². The van der Waals surface area contributed by atoms with Crippen molar-refractivity contribution in [3.05, 3.63) is 58.7 Å². The summed E-state index contributed by atoms with van der Waals surface area (Å²) < 4.78 is 4.55. The molecular formula is C18H6O5. The maximum absolute atomic E-state index is 11.9. The maximum Gasteiger partial charge on any atom is 0.346 e. The number of cyclic esters (lactones) is 2. The smallest absolute Gasteiger partial charge is 0.346 e. The quantitative estimate of drug-likeness (QED) is 0.349. The Morgan fingerprint density at radius 3 is 1.83 bits per heavy atom. The van der Waals surface area contributed by atoms with Crippen LogP contribution < -0.4 is 0 Å². The van der Waals surface area contributed by atoms with Crippen LogP contribution >= 0.6 is 0 Å². The molecule has 5 nitrogen and oxygen atoms in total. The number of Topliss-reactive ketones (excluding diaryl/α,β-unsaturated/α-hetero) is 2. The van der Waals surface area contributed by atoms with Crippen molar-refractivity contribution in [2.45, 2.75) is 0 Å². The fraction of sp³-hybridized carbons (Fsp3) is 0. The van der Waals surface area contributed by atoms with Crippen LogP contribution in [0.1, 0.15) is 41.4 Å². The van der Waals surface area contributed by atoms with Gasteiger partial charge in [0.25, 0.3) is 0 Å². The number of esters is 2. The van der Waals surface area contributed by atoms with E-state index in [1.54, 1.807) is 18.2 Å². The van der Waals surface area contributed by atoms with Gasteiger partial charge in [0.05, 0.1) is 11.1 Å². The number of benzene rings is 2. The van der Waals surface area contributed by atoms with Crippen molar-refractivity contribution in [2.75, 3.05) is 0 Å². The molecule has 1 aliphatic heterocycles. The second-order valence-electron chi connectivity index (χ2n) is 5.11. The minimum atomic E-state index is -0.693. The summed E-state index contributed by atoms with van der Waals surface area (Å²) in [5, 5.41) is 0. The zero-order valence-corrected chi connectivity index (χ0v) is 11.5. The molecule has 0 radical (unpaired) electrons. The molecule has 2 aromatic rings. The molecule has 1 aliphatic carbocycles. The second-order valence-corrected chi connectivity index (χ2v) is 5.11. The van der Waals surface area contributed by atoms with E-state index in [1.165, 1.54) is 18.2 Å². The predicted molar refractivity (Wildman–Crippen MR) is 78.1 cm³/mol. The Morgan fingerprint density at radius 1 is 0.609 bits per heavy atom. The summed E-state index contributed by atoms with van der Waals surface area (Å²) >= 11 is 0. The highest BCUT2D eigenvalue weighted by molar-refractivity contribution is 6.26. The van der Waals surface area contributed by atoms with Gasteiger partial charge < -0.3 is 4.74 Å². The van der Waals surface area contributed by atoms with Crippen LogP contribution in [0.5, 0.6) is 0 Å². The Labute approximate surface area is 129 Å². The highest BCUT2D eigenvalue weighted by Gasteiger charge is 2.30. The SMILES string of the molecule is O=C1C#CC(=O)c2cc(-c3ccc4c(c3)C(=O)OC4=O)ccc21. The van der Waals surface area contributed by atoms with E-state index < -0.39 is 23.5 Å². The number of rotatable bonds is 1. The van der Waals surface area contributed by atoms with Gasteiger partial charge in [-0.25, -0.2) is 9.59 Å². The second kappa shape index (κ2) is 4.49. The molecule has 2 aliphatic rings. The highest BCUT2D eigenvalue weighted by Crippen LogP contribution is 2.29. The minimum absolute atomic E-state index is 0.187. The minimum Gasteiger partial charge on any atom is -0.386 e. The Hall–Kier alpha value is -3.52. The van der Waals surface area contributed by atoms with E-state index in [2.05, 4.69) is 16.6 Å². The fourth-order valence-corrected chi connectivity index (χ4v) is 2.62. The first kappa shape index (κ1) is 13.2. The van der Waals surface area contributed by atoms with Crippen molar-refractivity contribution in [2.24, 2.45) is 0 Å². The van der Waals surface area contributed by atoms with Crippen LogP contribution in [0.25, 0.3) is 11.1 Å². The standard InChI is InChI=1S/C18H6O5/c19-15-5-6-16(20)13-7-9(1-3-11(13)15)10-2-4-12-14(8-10)18(22)23-17(12)21/h1-4,7-8H. The van der Waals surface area contributed by atoms with Crippen molar-refractivity contribution < 1.29 is 23.9 Å². The topological polar surface area (TPSA) is 77.5 Å². The van der Waals surface area contributed by atoms with Crippen molar-refractivity contribution in [3.8, 4) is 23.0 Å². The first-order valence-corrected chi connectivity index (χ1v) is 6.70. The molecule has 108 valence electrons. The molecule has 0 aromatic heterocycles. The Bertz CT molecular complexity index is 1020. The Morgan fingerprint density at radius 2 is 1.13 bits per heavy atom. The third-order valence-corrected chi connectivity index (χ3v) is 3.78. The van der Waals surface area contributed by atoms with Gasteiger partial charge in [-0.3, -0.25) is 9.59 Å². The summed E-state index contributed by atoms with van der Waals surface area (Å²) in [6, 6.07) is 9.46. The summed E-state index contributed by atoms with van der Waals surface area (Å²) in [6.45, 7) is 0. The number of ether oxygens (including phenoxy) is 1. The predicted octanol–water partition coefficient (Wildman–Crippen LogP) is 2.05. The van der Waals surface area contributed by atoms with Crippen molar-refractivity contribution in [1.82, 2.24) is 0 Å². The monoisotopic (exact) mass is 302 g/mol. The molecule has 0 saturated carbocycles. The van der Waals surface area contributed by atoms with Gasteiger partial charge in [0.2, 0.25) is 11.6 Å². The Kier molecular flexibility index (Phi) is 2.57. The van der Waals surface area contributed by atoms with Crippen molar-refractivity contribution in [1.29, 1.82) is 0 Å². The van der Waals surface area contributed by atoms with Gasteiger partial charge in [0.15, 0.2) is 0 Å². The molecule has 4 rings (SSSR count). The average Bonchev–Trinajstić information content (AvgIpc) is 2.85. The molecule has 0 bridgehead atoms.